The SMILES string of the molecule is COCC1CCCN(C(=O)[C@@H](N)c2ccccc2)C1. The number of carbonyl (C=O) groups excluding carboxylic acids is 1. The van der Waals surface area contributed by atoms with Crippen molar-refractivity contribution in [1.29, 1.82) is 0 Å². The van der Waals surface area contributed by atoms with Crippen molar-refractivity contribution in [3.63, 3.8) is 0 Å². The van der Waals surface area contributed by atoms with Crippen LogP contribution in [-0.2, 0) is 9.53 Å². The Kier molecular flexibility index (Phi) is 4.93. The molecule has 4 nitrogen and oxygen atoms in total. The Labute approximate surface area is 114 Å². The Bertz CT molecular complexity index is 406. The smallest absolute Gasteiger partial charge is 0.244 e. The van der Waals surface area contributed by atoms with Gasteiger partial charge in [-0.05, 0) is 24.3 Å². The van der Waals surface area contributed by atoms with Crippen molar-refractivity contribution >= 4 is 5.91 Å². The predicted octanol–water partition coefficient (Wildman–Crippen LogP) is 1.57. The summed E-state index contributed by atoms with van der Waals surface area (Å²) >= 11 is 0. The van der Waals surface area contributed by atoms with E-state index in [0.717, 1.165) is 31.5 Å². The maximum atomic E-state index is 12.4. The summed E-state index contributed by atoms with van der Waals surface area (Å²) in [4.78, 5) is 14.3. The maximum Gasteiger partial charge on any atom is 0.244 e. The van der Waals surface area contributed by atoms with Crippen molar-refractivity contribution in [3.05, 3.63) is 35.9 Å². The number of nitrogens with two attached hydrogens (primary N) is 1. The zero-order chi connectivity index (χ0) is 13.7. The van der Waals surface area contributed by atoms with Crippen molar-refractivity contribution in [1.82, 2.24) is 4.90 Å². The highest BCUT2D eigenvalue weighted by Gasteiger charge is 2.27. The first-order chi connectivity index (χ1) is 9.22. The molecule has 1 unspecified atom stereocenters. The van der Waals surface area contributed by atoms with Crippen molar-refractivity contribution in [3.8, 4) is 0 Å². The third-order valence-electron chi connectivity index (χ3n) is 3.66. The normalized spacial score (nSPS) is 21.2. The molecule has 1 saturated heterocycles. The molecule has 0 spiro atoms. The minimum atomic E-state index is -0.553. The van der Waals surface area contributed by atoms with Crippen LogP contribution in [0.4, 0.5) is 0 Å². The van der Waals surface area contributed by atoms with Gasteiger partial charge in [-0.1, -0.05) is 30.3 Å². The van der Waals surface area contributed by atoms with Crippen LogP contribution in [0.15, 0.2) is 30.3 Å². The lowest BCUT2D eigenvalue weighted by atomic mass is 9.97. The Morgan fingerprint density at radius 1 is 1.47 bits per heavy atom. The Balaban J connectivity index is 1.99. The number of rotatable bonds is 4. The van der Waals surface area contributed by atoms with Crippen molar-refractivity contribution in [2.75, 3.05) is 26.8 Å². The van der Waals surface area contributed by atoms with Gasteiger partial charge in [0, 0.05) is 20.2 Å². The fourth-order valence-electron chi connectivity index (χ4n) is 2.64. The fraction of sp³-hybridized carbons (Fsp3) is 0.533. The van der Waals surface area contributed by atoms with Gasteiger partial charge in [-0.2, -0.15) is 0 Å². The molecule has 1 aromatic carbocycles. The summed E-state index contributed by atoms with van der Waals surface area (Å²) in [7, 11) is 1.70. The first-order valence-electron chi connectivity index (χ1n) is 6.80. The fourth-order valence-corrected chi connectivity index (χ4v) is 2.64. The molecule has 1 heterocycles. The Morgan fingerprint density at radius 2 is 2.21 bits per heavy atom. The van der Waals surface area contributed by atoms with Gasteiger partial charge in [-0.3, -0.25) is 4.79 Å². The third-order valence-corrected chi connectivity index (χ3v) is 3.66. The molecule has 104 valence electrons. The van der Waals surface area contributed by atoms with Gasteiger partial charge >= 0.3 is 0 Å². The minimum absolute atomic E-state index is 0.0204. The number of carbonyl (C=O) groups is 1. The van der Waals surface area contributed by atoms with Gasteiger partial charge in [-0.15, -0.1) is 0 Å². The highest BCUT2D eigenvalue weighted by Crippen LogP contribution is 2.20. The summed E-state index contributed by atoms with van der Waals surface area (Å²) in [6.45, 7) is 2.27. The molecule has 19 heavy (non-hydrogen) atoms. The molecule has 0 bridgehead atoms. The van der Waals surface area contributed by atoms with Crippen LogP contribution < -0.4 is 5.73 Å². The van der Waals surface area contributed by atoms with Crippen molar-refractivity contribution in [2.24, 2.45) is 11.7 Å². The molecule has 4 heteroatoms. The van der Waals surface area contributed by atoms with E-state index in [0.29, 0.717) is 12.5 Å². The number of hydrogen-bond acceptors (Lipinski definition) is 3. The van der Waals surface area contributed by atoms with E-state index < -0.39 is 6.04 Å². The molecule has 1 aliphatic rings. The first kappa shape index (κ1) is 14.0. The monoisotopic (exact) mass is 262 g/mol. The molecule has 1 amide bonds. The summed E-state index contributed by atoms with van der Waals surface area (Å²) in [5.41, 5.74) is 6.94. The molecular weight excluding hydrogens is 240 g/mol. The quantitative estimate of drug-likeness (QED) is 0.896. The zero-order valence-corrected chi connectivity index (χ0v) is 11.4. The highest BCUT2D eigenvalue weighted by molar-refractivity contribution is 5.83. The van der Waals surface area contributed by atoms with Crippen LogP contribution in [0.3, 0.4) is 0 Å². The van der Waals surface area contributed by atoms with E-state index in [1.807, 2.05) is 35.2 Å². The van der Waals surface area contributed by atoms with E-state index in [1.54, 1.807) is 7.11 Å². The summed E-state index contributed by atoms with van der Waals surface area (Å²) in [5, 5.41) is 0. The number of benzene rings is 1. The van der Waals surface area contributed by atoms with Crippen molar-refractivity contribution in [2.45, 2.75) is 18.9 Å². The van der Waals surface area contributed by atoms with Crippen LogP contribution >= 0.6 is 0 Å². The lowest BCUT2D eigenvalue weighted by Crippen LogP contribution is -2.45. The molecule has 1 aliphatic heterocycles. The van der Waals surface area contributed by atoms with Crippen LogP contribution in [0.2, 0.25) is 0 Å². The maximum absolute atomic E-state index is 12.4. The lowest BCUT2D eigenvalue weighted by molar-refractivity contribution is -0.135. The number of hydrogen-bond donors (Lipinski definition) is 1. The molecule has 2 atom stereocenters. The van der Waals surface area contributed by atoms with Gasteiger partial charge in [0.2, 0.25) is 5.91 Å². The summed E-state index contributed by atoms with van der Waals surface area (Å²) in [6, 6.07) is 9.00. The lowest BCUT2D eigenvalue weighted by Gasteiger charge is -2.34. The van der Waals surface area contributed by atoms with Gasteiger partial charge in [0.1, 0.15) is 6.04 Å². The van der Waals surface area contributed by atoms with Crippen molar-refractivity contribution < 1.29 is 9.53 Å². The van der Waals surface area contributed by atoms with Gasteiger partial charge in [0.15, 0.2) is 0 Å². The van der Waals surface area contributed by atoms with E-state index >= 15 is 0 Å². The van der Waals surface area contributed by atoms with Crippen LogP contribution in [0.25, 0.3) is 0 Å². The van der Waals surface area contributed by atoms with Gasteiger partial charge in [-0.25, -0.2) is 0 Å². The Hall–Kier alpha value is -1.39. The molecule has 2 N–H and O–H groups in total. The van der Waals surface area contributed by atoms with E-state index in [9.17, 15) is 4.79 Å². The standard InChI is InChI=1S/C15H22N2O2/c1-19-11-12-6-5-9-17(10-12)15(18)14(16)13-7-3-2-4-8-13/h2-4,7-8,12,14H,5-6,9-11,16H2,1H3/t12?,14-/m0/s1. The van der Waals surface area contributed by atoms with Crippen LogP contribution in [-0.4, -0.2) is 37.6 Å². The zero-order valence-electron chi connectivity index (χ0n) is 11.4. The summed E-state index contributed by atoms with van der Waals surface area (Å²) in [6.07, 6.45) is 2.15. The predicted molar refractivity (Wildman–Crippen MR) is 74.6 cm³/mol. The van der Waals surface area contributed by atoms with Crippen LogP contribution in [0.5, 0.6) is 0 Å². The molecule has 1 aromatic rings. The average Bonchev–Trinajstić information content (AvgIpc) is 2.47. The van der Waals surface area contributed by atoms with E-state index in [-0.39, 0.29) is 5.91 Å². The molecular formula is C15H22N2O2. The topological polar surface area (TPSA) is 55.6 Å². The number of nitrogens with zero attached hydrogens (tertiary/aromatic N) is 1. The summed E-state index contributed by atoms with van der Waals surface area (Å²) in [5.74, 6) is 0.456. The number of ether oxygens (including phenoxy) is 1. The second-order valence-corrected chi connectivity index (χ2v) is 5.14. The van der Waals surface area contributed by atoms with Gasteiger partial charge in [0.25, 0.3) is 0 Å². The number of piperidine rings is 1. The number of methoxy groups -OCH3 is 1. The van der Waals surface area contributed by atoms with Crippen LogP contribution in [0, 0.1) is 5.92 Å². The number of likely N-dealkylation sites (tertiary alicyclic amines) is 1. The molecule has 0 saturated carbocycles. The highest BCUT2D eigenvalue weighted by atomic mass is 16.5. The van der Waals surface area contributed by atoms with Gasteiger partial charge < -0.3 is 15.4 Å². The molecule has 2 rings (SSSR count). The second kappa shape index (κ2) is 6.68. The average molecular weight is 262 g/mol. The largest absolute Gasteiger partial charge is 0.384 e. The Morgan fingerprint density at radius 3 is 2.89 bits per heavy atom. The molecule has 1 fully saturated rings. The molecule has 0 aliphatic carbocycles. The molecule has 0 radical (unpaired) electrons. The molecule has 0 aromatic heterocycles. The van der Waals surface area contributed by atoms with E-state index in [4.69, 9.17) is 10.5 Å². The first-order valence-corrected chi connectivity index (χ1v) is 6.80. The van der Waals surface area contributed by atoms with E-state index in [1.165, 1.54) is 0 Å². The number of amides is 1. The second-order valence-electron chi connectivity index (χ2n) is 5.14. The van der Waals surface area contributed by atoms with E-state index in [2.05, 4.69) is 0 Å². The van der Waals surface area contributed by atoms with Crippen LogP contribution in [0.1, 0.15) is 24.4 Å². The van der Waals surface area contributed by atoms with Gasteiger partial charge in [0.05, 0.1) is 6.61 Å². The summed E-state index contributed by atoms with van der Waals surface area (Å²) < 4.78 is 5.19. The minimum Gasteiger partial charge on any atom is -0.384 e. The third kappa shape index (κ3) is 3.55.